The molecule has 0 bridgehead atoms. The molecule has 106 valence electrons. The number of aromatic nitrogens is 1. The number of aliphatic hydroxyl groups excluding tert-OH is 2. The van der Waals surface area contributed by atoms with Gasteiger partial charge < -0.3 is 19.8 Å². The zero-order valence-corrected chi connectivity index (χ0v) is 11.3. The second-order valence-electron chi connectivity index (χ2n) is 4.87. The van der Waals surface area contributed by atoms with Crippen LogP contribution in [0.2, 0.25) is 0 Å². The van der Waals surface area contributed by atoms with Crippen LogP contribution in [0, 0.1) is 0 Å². The Morgan fingerprint density at radius 1 is 1.47 bits per heavy atom. The Balaban J connectivity index is 1.98. The van der Waals surface area contributed by atoms with Gasteiger partial charge in [0.2, 0.25) is 0 Å². The van der Waals surface area contributed by atoms with Gasteiger partial charge in [0, 0.05) is 24.8 Å². The number of hydrogen-bond donors (Lipinski definition) is 2. The number of ether oxygens (including phenoxy) is 1. The molecular formula is C14H22N2O3. The van der Waals surface area contributed by atoms with Crippen LogP contribution >= 0.6 is 0 Å². The lowest BCUT2D eigenvalue weighted by molar-refractivity contribution is 0.0158. The summed E-state index contributed by atoms with van der Waals surface area (Å²) < 4.78 is 5.55. The van der Waals surface area contributed by atoms with E-state index in [1.165, 1.54) is 0 Å². The van der Waals surface area contributed by atoms with Gasteiger partial charge in [0.05, 0.1) is 25.4 Å². The van der Waals surface area contributed by atoms with Crippen LogP contribution in [0.15, 0.2) is 18.3 Å². The average Bonchev–Trinajstić information content (AvgIpc) is 2.45. The zero-order chi connectivity index (χ0) is 13.7. The molecule has 0 unspecified atom stereocenters. The van der Waals surface area contributed by atoms with Gasteiger partial charge in [-0.15, -0.1) is 0 Å². The van der Waals surface area contributed by atoms with Crippen LogP contribution in [-0.4, -0.2) is 47.6 Å². The molecule has 1 saturated heterocycles. The van der Waals surface area contributed by atoms with E-state index in [0.29, 0.717) is 6.61 Å². The van der Waals surface area contributed by atoms with Crippen molar-refractivity contribution in [2.24, 2.45) is 0 Å². The summed E-state index contributed by atoms with van der Waals surface area (Å²) in [5.74, 6) is 0.873. The van der Waals surface area contributed by atoms with Crippen molar-refractivity contribution in [3.63, 3.8) is 0 Å². The molecule has 2 rings (SSSR count). The predicted molar refractivity (Wildman–Crippen MR) is 73.1 cm³/mol. The number of aliphatic hydroxyl groups is 2. The fourth-order valence-electron chi connectivity index (χ4n) is 2.45. The molecule has 2 N–H and O–H groups in total. The van der Waals surface area contributed by atoms with Gasteiger partial charge in [0.15, 0.2) is 0 Å². The van der Waals surface area contributed by atoms with Crippen molar-refractivity contribution in [1.29, 1.82) is 0 Å². The van der Waals surface area contributed by atoms with Crippen molar-refractivity contribution in [3.8, 4) is 0 Å². The van der Waals surface area contributed by atoms with Crippen LogP contribution in [0.1, 0.15) is 31.4 Å². The number of nitrogens with zero attached hydrogens (tertiary/aromatic N) is 2. The summed E-state index contributed by atoms with van der Waals surface area (Å²) in [4.78, 5) is 6.59. The Morgan fingerprint density at radius 2 is 2.21 bits per heavy atom. The number of anilines is 1. The maximum atomic E-state index is 9.78. The standard InChI is InChI=1S/C14H22N2O3/c1-11(18)13-3-2-6-15-14(13)16-7-4-12(5-8-16)19-10-9-17/h2-3,6,11-12,17-18H,4-5,7-10H2,1H3/t11-/m1/s1. The molecule has 1 aliphatic heterocycles. The van der Waals surface area contributed by atoms with Gasteiger partial charge in [-0.25, -0.2) is 4.98 Å². The van der Waals surface area contributed by atoms with Crippen molar-refractivity contribution >= 4 is 5.82 Å². The summed E-state index contributed by atoms with van der Waals surface area (Å²) >= 11 is 0. The van der Waals surface area contributed by atoms with Gasteiger partial charge in [-0.1, -0.05) is 6.07 Å². The summed E-state index contributed by atoms with van der Waals surface area (Å²) in [6.45, 7) is 3.98. The maximum Gasteiger partial charge on any atom is 0.134 e. The molecule has 1 aromatic heterocycles. The Kier molecular flexibility index (Phi) is 5.13. The first-order valence-corrected chi connectivity index (χ1v) is 6.82. The lowest BCUT2D eigenvalue weighted by Gasteiger charge is -2.34. The van der Waals surface area contributed by atoms with Gasteiger partial charge in [0.25, 0.3) is 0 Å². The quantitative estimate of drug-likeness (QED) is 0.836. The Morgan fingerprint density at radius 3 is 2.84 bits per heavy atom. The first kappa shape index (κ1) is 14.2. The maximum absolute atomic E-state index is 9.78. The largest absolute Gasteiger partial charge is 0.394 e. The Labute approximate surface area is 113 Å². The highest BCUT2D eigenvalue weighted by molar-refractivity contribution is 5.48. The molecule has 0 spiro atoms. The monoisotopic (exact) mass is 266 g/mol. The van der Waals surface area contributed by atoms with Crippen molar-refractivity contribution in [2.45, 2.75) is 32.0 Å². The molecular weight excluding hydrogens is 244 g/mol. The number of rotatable bonds is 5. The average molecular weight is 266 g/mol. The van der Waals surface area contributed by atoms with Crippen LogP contribution in [0.25, 0.3) is 0 Å². The number of pyridine rings is 1. The topological polar surface area (TPSA) is 65.8 Å². The molecule has 1 atom stereocenters. The van der Waals surface area contributed by atoms with Crippen LogP contribution in [0.4, 0.5) is 5.82 Å². The minimum Gasteiger partial charge on any atom is -0.394 e. The van der Waals surface area contributed by atoms with E-state index in [9.17, 15) is 5.11 Å². The third-order valence-electron chi connectivity index (χ3n) is 3.45. The van der Waals surface area contributed by atoms with Gasteiger partial charge in [0.1, 0.15) is 5.82 Å². The van der Waals surface area contributed by atoms with E-state index in [2.05, 4.69) is 9.88 Å². The Bertz CT molecular complexity index is 390. The SMILES string of the molecule is C[C@@H](O)c1cccnc1N1CCC(OCCO)CC1. The molecule has 0 aromatic carbocycles. The molecule has 2 heterocycles. The summed E-state index contributed by atoms with van der Waals surface area (Å²) in [7, 11) is 0. The van der Waals surface area contributed by atoms with Gasteiger partial charge in [-0.3, -0.25) is 0 Å². The van der Waals surface area contributed by atoms with E-state index >= 15 is 0 Å². The molecule has 1 aromatic rings. The second-order valence-corrected chi connectivity index (χ2v) is 4.87. The van der Waals surface area contributed by atoms with Crippen LogP contribution in [0.5, 0.6) is 0 Å². The van der Waals surface area contributed by atoms with Gasteiger partial charge in [-0.2, -0.15) is 0 Å². The van der Waals surface area contributed by atoms with Crippen molar-refractivity contribution in [3.05, 3.63) is 23.9 Å². The lowest BCUT2D eigenvalue weighted by atomic mass is 10.1. The zero-order valence-electron chi connectivity index (χ0n) is 11.3. The summed E-state index contributed by atoms with van der Waals surface area (Å²) in [5.41, 5.74) is 0.872. The number of hydrogen-bond acceptors (Lipinski definition) is 5. The van der Waals surface area contributed by atoms with Crippen LogP contribution < -0.4 is 4.90 Å². The molecule has 0 saturated carbocycles. The molecule has 19 heavy (non-hydrogen) atoms. The fourth-order valence-corrected chi connectivity index (χ4v) is 2.45. The summed E-state index contributed by atoms with van der Waals surface area (Å²) in [6.07, 6.45) is 3.33. The highest BCUT2D eigenvalue weighted by Gasteiger charge is 2.23. The van der Waals surface area contributed by atoms with E-state index in [-0.39, 0.29) is 12.7 Å². The minimum atomic E-state index is -0.507. The highest BCUT2D eigenvalue weighted by atomic mass is 16.5. The summed E-state index contributed by atoms with van der Waals surface area (Å²) in [6, 6.07) is 3.77. The van der Waals surface area contributed by atoms with Crippen molar-refractivity contribution in [1.82, 2.24) is 4.98 Å². The molecule has 0 aliphatic carbocycles. The minimum absolute atomic E-state index is 0.0760. The molecule has 5 heteroatoms. The molecule has 1 aliphatic rings. The van der Waals surface area contributed by atoms with E-state index in [4.69, 9.17) is 9.84 Å². The van der Waals surface area contributed by atoms with E-state index in [1.54, 1.807) is 13.1 Å². The van der Waals surface area contributed by atoms with Gasteiger partial charge >= 0.3 is 0 Å². The molecule has 0 amide bonds. The van der Waals surface area contributed by atoms with Crippen molar-refractivity contribution < 1.29 is 14.9 Å². The van der Waals surface area contributed by atoms with Crippen LogP contribution in [0.3, 0.4) is 0 Å². The number of piperidine rings is 1. The normalized spacial score (nSPS) is 18.6. The third kappa shape index (κ3) is 3.65. The molecule has 5 nitrogen and oxygen atoms in total. The molecule has 1 fully saturated rings. The third-order valence-corrected chi connectivity index (χ3v) is 3.45. The van der Waals surface area contributed by atoms with E-state index < -0.39 is 6.10 Å². The second kappa shape index (κ2) is 6.84. The smallest absolute Gasteiger partial charge is 0.134 e. The van der Waals surface area contributed by atoms with Crippen LogP contribution in [-0.2, 0) is 4.74 Å². The van der Waals surface area contributed by atoms with Gasteiger partial charge in [-0.05, 0) is 25.8 Å². The lowest BCUT2D eigenvalue weighted by Crippen LogP contribution is -2.38. The van der Waals surface area contributed by atoms with E-state index in [1.807, 2.05) is 12.1 Å². The first-order chi connectivity index (χ1) is 9.22. The first-order valence-electron chi connectivity index (χ1n) is 6.82. The fraction of sp³-hybridized carbons (Fsp3) is 0.643. The highest BCUT2D eigenvalue weighted by Crippen LogP contribution is 2.26. The molecule has 0 radical (unpaired) electrons. The van der Waals surface area contributed by atoms with Crippen molar-refractivity contribution in [2.75, 3.05) is 31.2 Å². The predicted octanol–water partition coefficient (Wildman–Crippen LogP) is 1.11. The van der Waals surface area contributed by atoms with E-state index in [0.717, 1.165) is 37.3 Å². The Hall–Kier alpha value is -1.17. The summed E-state index contributed by atoms with van der Waals surface area (Å²) in [5, 5.41) is 18.5.